The first kappa shape index (κ1) is 18.5. The maximum absolute atomic E-state index is 12.6. The van der Waals surface area contributed by atoms with Crippen molar-refractivity contribution in [2.24, 2.45) is 5.92 Å². The number of hydrogen-bond acceptors (Lipinski definition) is 4. The highest BCUT2D eigenvalue weighted by Crippen LogP contribution is 2.43. The third-order valence-electron chi connectivity index (χ3n) is 5.53. The maximum Gasteiger partial charge on any atom is 0.254 e. The van der Waals surface area contributed by atoms with E-state index in [1.165, 1.54) is 0 Å². The molecule has 2 aromatic carbocycles. The lowest BCUT2D eigenvalue weighted by Crippen LogP contribution is -2.54. The van der Waals surface area contributed by atoms with Gasteiger partial charge in [0, 0.05) is 24.3 Å². The van der Waals surface area contributed by atoms with E-state index in [4.69, 9.17) is 9.47 Å². The van der Waals surface area contributed by atoms with Gasteiger partial charge in [-0.1, -0.05) is 19.1 Å². The molecule has 0 aliphatic carbocycles. The first-order valence-electron chi connectivity index (χ1n) is 9.54. The van der Waals surface area contributed by atoms with E-state index < -0.39 is 0 Å². The molecule has 2 amide bonds. The number of carbonyl (C=O) groups is 2. The van der Waals surface area contributed by atoms with Gasteiger partial charge >= 0.3 is 0 Å². The molecule has 28 heavy (non-hydrogen) atoms. The highest BCUT2D eigenvalue weighted by atomic mass is 16.5. The number of carbonyl (C=O) groups excluding carboxylic acids is 2. The molecule has 2 atom stereocenters. The second-order valence-corrected chi connectivity index (χ2v) is 7.17. The summed E-state index contributed by atoms with van der Waals surface area (Å²) >= 11 is 0. The molecule has 2 heterocycles. The fraction of sp³-hybridized carbons (Fsp3) is 0.364. The van der Waals surface area contributed by atoms with Crippen LogP contribution in [0.2, 0.25) is 0 Å². The smallest absolute Gasteiger partial charge is 0.254 e. The normalized spacial score (nSPS) is 22.0. The van der Waals surface area contributed by atoms with Crippen LogP contribution >= 0.6 is 0 Å². The Labute approximate surface area is 164 Å². The minimum Gasteiger partial charge on any atom is -0.497 e. The molecule has 0 radical (unpaired) electrons. The number of methoxy groups -OCH3 is 1. The molecule has 4 rings (SSSR count). The molecular formula is C22H24N2O4. The molecule has 6 nitrogen and oxygen atoms in total. The van der Waals surface area contributed by atoms with Crippen molar-refractivity contribution in [1.82, 2.24) is 4.90 Å². The predicted molar refractivity (Wildman–Crippen MR) is 106 cm³/mol. The lowest BCUT2D eigenvalue weighted by Gasteiger charge is -2.46. The Kier molecular flexibility index (Phi) is 5.05. The molecule has 2 saturated heterocycles. The number of β-lactam (4-membered cyclic amide) rings is 1. The van der Waals surface area contributed by atoms with Crippen LogP contribution in [0.25, 0.3) is 0 Å². The predicted octanol–water partition coefficient (Wildman–Crippen LogP) is 2.89. The fourth-order valence-electron chi connectivity index (χ4n) is 3.87. The van der Waals surface area contributed by atoms with Crippen LogP contribution in [0.1, 0.15) is 28.9 Å². The number of rotatable bonds is 4. The second kappa shape index (κ2) is 7.64. The topological polar surface area (TPSA) is 59.1 Å². The number of ether oxygens (including phenoxy) is 2. The molecule has 6 heteroatoms. The molecule has 2 aliphatic rings. The fourth-order valence-corrected chi connectivity index (χ4v) is 3.87. The third kappa shape index (κ3) is 3.24. The van der Waals surface area contributed by atoms with Crippen molar-refractivity contribution in [3.63, 3.8) is 0 Å². The zero-order valence-electron chi connectivity index (χ0n) is 16.1. The lowest BCUT2D eigenvalue weighted by molar-refractivity contribution is -0.129. The summed E-state index contributed by atoms with van der Waals surface area (Å²) in [5.41, 5.74) is 2.55. The highest BCUT2D eigenvalue weighted by molar-refractivity contribution is 6.03. The van der Waals surface area contributed by atoms with Gasteiger partial charge in [0.25, 0.3) is 5.91 Å². The standard InChI is InChI=1S/C22H24N2O4/c1-15-20(24(21(15)25)18-7-9-19(27-2)10-8-18)16-3-5-17(6-4-16)22(26)23-11-13-28-14-12-23/h3-10,15,20H,11-14H2,1-2H3/t15-,20-/m0/s1. The molecule has 2 aromatic rings. The van der Waals surface area contributed by atoms with Crippen LogP contribution < -0.4 is 9.64 Å². The van der Waals surface area contributed by atoms with Crippen molar-refractivity contribution >= 4 is 17.5 Å². The number of benzene rings is 2. The number of amides is 2. The maximum atomic E-state index is 12.6. The number of anilines is 1. The van der Waals surface area contributed by atoms with Crippen LogP contribution in [0.3, 0.4) is 0 Å². The van der Waals surface area contributed by atoms with Crippen molar-refractivity contribution in [3.05, 3.63) is 59.7 Å². The Morgan fingerprint density at radius 2 is 1.68 bits per heavy atom. The summed E-state index contributed by atoms with van der Waals surface area (Å²) < 4.78 is 10.5. The summed E-state index contributed by atoms with van der Waals surface area (Å²) in [6, 6.07) is 15.1. The number of nitrogens with zero attached hydrogens (tertiary/aromatic N) is 2. The Hall–Kier alpha value is -2.86. The molecule has 2 fully saturated rings. The average Bonchev–Trinajstić information content (AvgIpc) is 2.77. The number of morpholine rings is 1. The van der Waals surface area contributed by atoms with E-state index in [1.54, 1.807) is 7.11 Å². The molecule has 0 aromatic heterocycles. The van der Waals surface area contributed by atoms with E-state index in [0.717, 1.165) is 17.0 Å². The summed E-state index contributed by atoms with van der Waals surface area (Å²) in [6.45, 7) is 4.37. The summed E-state index contributed by atoms with van der Waals surface area (Å²) in [6.07, 6.45) is 0. The van der Waals surface area contributed by atoms with E-state index in [1.807, 2.05) is 65.3 Å². The molecule has 0 bridgehead atoms. The van der Waals surface area contributed by atoms with E-state index in [-0.39, 0.29) is 23.8 Å². The van der Waals surface area contributed by atoms with Crippen molar-refractivity contribution < 1.29 is 19.1 Å². The van der Waals surface area contributed by atoms with Crippen molar-refractivity contribution in [2.45, 2.75) is 13.0 Å². The van der Waals surface area contributed by atoms with Gasteiger partial charge < -0.3 is 19.3 Å². The quantitative estimate of drug-likeness (QED) is 0.766. The lowest BCUT2D eigenvalue weighted by atomic mass is 9.83. The number of hydrogen-bond donors (Lipinski definition) is 0. The molecule has 2 aliphatic heterocycles. The molecule has 0 N–H and O–H groups in total. The van der Waals surface area contributed by atoms with E-state index in [2.05, 4.69) is 0 Å². The van der Waals surface area contributed by atoms with Crippen LogP contribution in [0.15, 0.2) is 48.5 Å². The van der Waals surface area contributed by atoms with Crippen LogP contribution in [0.4, 0.5) is 5.69 Å². The van der Waals surface area contributed by atoms with Crippen molar-refractivity contribution in [1.29, 1.82) is 0 Å². The van der Waals surface area contributed by atoms with Gasteiger partial charge in [-0.2, -0.15) is 0 Å². The van der Waals surface area contributed by atoms with Gasteiger partial charge in [-0.3, -0.25) is 9.59 Å². The summed E-state index contributed by atoms with van der Waals surface area (Å²) in [5, 5.41) is 0. The largest absolute Gasteiger partial charge is 0.497 e. The molecule has 0 unspecified atom stereocenters. The Morgan fingerprint density at radius 1 is 1.04 bits per heavy atom. The van der Waals surface area contributed by atoms with E-state index in [9.17, 15) is 9.59 Å². The van der Waals surface area contributed by atoms with Crippen LogP contribution in [0, 0.1) is 5.92 Å². The summed E-state index contributed by atoms with van der Waals surface area (Å²) in [5.74, 6) is 0.790. The van der Waals surface area contributed by atoms with Gasteiger partial charge in [-0.15, -0.1) is 0 Å². The average molecular weight is 380 g/mol. The zero-order chi connectivity index (χ0) is 19.7. The Bertz CT molecular complexity index is 857. The second-order valence-electron chi connectivity index (χ2n) is 7.17. The zero-order valence-corrected chi connectivity index (χ0v) is 16.1. The third-order valence-corrected chi connectivity index (χ3v) is 5.53. The molecule has 146 valence electrons. The van der Waals surface area contributed by atoms with Crippen LogP contribution in [0.5, 0.6) is 5.75 Å². The van der Waals surface area contributed by atoms with Gasteiger partial charge in [0.05, 0.1) is 32.3 Å². The Morgan fingerprint density at radius 3 is 2.29 bits per heavy atom. The van der Waals surface area contributed by atoms with Gasteiger partial charge in [-0.05, 0) is 42.0 Å². The summed E-state index contributed by atoms with van der Waals surface area (Å²) in [4.78, 5) is 28.8. The van der Waals surface area contributed by atoms with Crippen molar-refractivity contribution in [3.8, 4) is 5.75 Å². The van der Waals surface area contributed by atoms with E-state index in [0.29, 0.717) is 31.9 Å². The molecular weight excluding hydrogens is 356 g/mol. The Balaban J connectivity index is 1.53. The van der Waals surface area contributed by atoms with Gasteiger partial charge in [0.15, 0.2) is 0 Å². The minimum absolute atomic E-state index is 0.0274. The van der Waals surface area contributed by atoms with Gasteiger partial charge in [0.1, 0.15) is 5.75 Å². The molecule has 0 saturated carbocycles. The monoisotopic (exact) mass is 380 g/mol. The van der Waals surface area contributed by atoms with Crippen LogP contribution in [-0.4, -0.2) is 50.1 Å². The van der Waals surface area contributed by atoms with Crippen LogP contribution in [-0.2, 0) is 9.53 Å². The summed E-state index contributed by atoms with van der Waals surface area (Å²) in [7, 11) is 1.62. The van der Waals surface area contributed by atoms with E-state index >= 15 is 0 Å². The minimum atomic E-state index is -0.0945. The van der Waals surface area contributed by atoms with Crippen molar-refractivity contribution in [2.75, 3.05) is 38.3 Å². The van der Waals surface area contributed by atoms with Gasteiger partial charge in [-0.25, -0.2) is 0 Å². The SMILES string of the molecule is COc1ccc(N2C(=O)[C@@H](C)[C@H]2c2ccc(C(=O)N3CCOCC3)cc2)cc1. The molecule has 0 spiro atoms. The van der Waals surface area contributed by atoms with Gasteiger partial charge in [0.2, 0.25) is 5.91 Å². The first-order valence-corrected chi connectivity index (χ1v) is 9.54. The first-order chi connectivity index (χ1) is 13.6. The highest BCUT2D eigenvalue weighted by Gasteiger charge is 2.45.